The second-order valence-electron chi connectivity index (χ2n) is 4.59. The van der Waals surface area contributed by atoms with Crippen molar-refractivity contribution in [1.82, 2.24) is 4.72 Å². The van der Waals surface area contributed by atoms with Crippen LogP contribution in [0.3, 0.4) is 0 Å². The van der Waals surface area contributed by atoms with Crippen LogP contribution in [0.15, 0.2) is 23.1 Å². The van der Waals surface area contributed by atoms with Crippen LogP contribution in [-0.4, -0.2) is 25.7 Å². The standard InChI is InChI=1S/C11H15ClN2O3S/c12-9-3-2-8(13)6-10(9)18(16,17)14-11(7-15)4-1-5-11/h2-3,6,14-15H,1,4-5,7,13H2. The molecule has 1 aliphatic carbocycles. The van der Waals surface area contributed by atoms with Gasteiger partial charge in [-0.1, -0.05) is 11.6 Å². The molecule has 1 aromatic carbocycles. The van der Waals surface area contributed by atoms with Gasteiger partial charge < -0.3 is 10.8 Å². The van der Waals surface area contributed by atoms with Crippen LogP contribution in [0.1, 0.15) is 19.3 Å². The van der Waals surface area contributed by atoms with Gasteiger partial charge in [0.1, 0.15) is 4.90 Å². The summed E-state index contributed by atoms with van der Waals surface area (Å²) in [5.41, 5.74) is 5.15. The molecule has 0 atom stereocenters. The van der Waals surface area contributed by atoms with Gasteiger partial charge in [0.15, 0.2) is 0 Å². The molecular formula is C11H15ClN2O3S. The predicted octanol–water partition coefficient (Wildman–Crippen LogP) is 1.12. The van der Waals surface area contributed by atoms with E-state index in [4.69, 9.17) is 17.3 Å². The minimum Gasteiger partial charge on any atom is -0.399 e. The average Bonchev–Trinajstić information content (AvgIpc) is 2.27. The molecule has 0 unspecified atom stereocenters. The number of anilines is 1. The maximum Gasteiger partial charge on any atom is 0.242 e. The monoisotopic (exact) mass is 290 g/mol. The molecule has 0 bridgehead atoms. The van der Waals surface area contributed by atoms with Crippen molar-refractivity contribution in [3.63, 3.8) is 0 Å². The van der Waals surface area contributed by atoms with Gasteiger partial charge in [0.2, 0.25) is 10.0 Å². The maximum atomic E-state index is 12.2. The largest absolute Gasteiger partial charge is 0.399 e. The van der Waals surface area contributed by atoms with E-state index in [1.54, 1.807) is 0 Å². The molecular weight excluding hydrogens is 276 g/mol. The summed E-state index contributed by atoms with van der Waals surface area (Å²) < 4.78 is 26.9. The Morgan fingerprint density at radius 2 is 2.11 bits per heavy atom. The molecule has 1 aliphatic rings. The third-order valence-electron chi connectivity index (χ3n) is 3.21. The van der Waals surface area contributed by atoms with Crippen molar-refractivity contribution in [2.24, 2.45) is 0 Å². The molecule has 4 N–H and O–H groups in total. The highest BCUT2D eigenvalue weighted by Gasteiger charge is 2.40. The number of hydrogen-bond donors (Lipinski definition) is 3. The van der Waals surface area contributed by atoms with E-state index in [2.05, 4.69) is 4.72 Å². The van der Waals surface area contributed by atoms with Gasteiger partial charge in [-0.3, -0.25) is 0 Å². The maximum absolute atomic E-state index is 12.2. The smallest absolute Gasteiger partial charge is 0.242 e. The summed E-state index contributed by atoms with van der Waals surface area (Å²) in [6.45, 7) is -0.216. The van der Waals surface area contributed by atoms with E-state index < -0.39 is 15.6 Å². The normalized spacial score (nSPS) is 18.3. The van der Waals surface area contributed by atoms with Gasteiger partial charge in [-0.05, 0) is 37.5 Å². The molecule has 1 aromatic rings. The number of benzene rings is 1. The van der Waals surface area contributed by atoms with Crippen LogP contribution in [0.25, 0.3) is 0 Å². The lowest BCUT2D eigenvalue weighted by Gasteiger charge is -2.40. The lowest BCUT2D eigenvalue weighted by Crippen LogP contribution is -2.55. The molecule has 1 saturated carbocycles. The first-order valence-corrected chi connectivity index (χ1v) is 7.45. The highest BCUT2D eigenvalue weighted by molar-refractivity contribution is 7.89. The summed E-state index contributed by atoms with van der Waals surface area (Å²) in [6, 6.07) is 4.29. The first kappa shape index (κ1) is 13.6. The number of hydrogen-bond acceptors (Lipinski definition) is 4. The van der Waals surface area contributed by atoms with Crippen molar-refractivity contribution in [1.29, 1.82) is 0 Å². The molecule has 0 heterocycles. The van der Waals surface area contributed by atoms with E-state index in [0.29, 0.717) is 18.5 Å². The molecule has 100 valence electrons. The molecule has 7 heteroatoms. The summed E-state index contributed by atoms with van der Waals surface area (Å²) in [7, 11) is -3.77. The summed E-state index contributed by atoms with van der Waals surface area (Å²) in [5.74, 6) is 0. The Kier molecular flexibility index (Phi) is 3.55. The zero-order valence-corrected chi connectivity index (χ0v) is 11.3. The Labute approximate surface area is 111 Å². The quantitative estimate of drug-likeness (QED) is 0.725. The predicted molar refractivity (Wildman–Crippen MR) is 69.9 cm³/mol. The number of nitrogens with two attached hydrogens (primary N) is 1. The van der Waals surface area contributed by atoms with Crippen LogP contribution in [0.2, 0.25) is 5.02 Å². The number of aliphatic hydroxyl groups is 1. The van der Waals surface area contributed by atoms with Crippen LogP contribution < -0.4 is 10.5 Å². The number of sulfonamides is 1. The lowest BCUT2D eigenvalue weighted by molar-refractivity contribution is 0.110. The van der Waals surface area contributed by atoms with E-state index in [-0.39, 0.29) is 16.5 Å². The number of nitrogens with one attached hydrogen (secondary N) is 1. The van der Waals surface area contributed by atoms with Crippen molar-refractivity contribution in [3.8, 4) is 0 Å². The molecule has 2 rings (SSSR count). The average molecular weight is 291 g/mol. The second kappa shape index (κ2) is 4.70. The van der Waals surface area contributed by atoms with E-state index >= 15 is 0 Å². The summed E-state index contributed by atoms with van der Waals surface area (Å²) in [4.78, 5) is -0.0520. The molecule has 5 nitrogen and oxygen atoms in total. The fourth-order valence-electron chi connectivity index (χ4n) is 1.96. The number of nitrogen functional groups attached to an aromatic ring is 1. The first-order chi connectivity index (χ1) is 8.38. The number of aliphatic hydroxyl groups excluding tert-OH is 1. The fourth-order valence-corrected chi connectivity index (χ4v) is 3.95. The highest BCUT2D eigenvalue weighted by Crippen LogP contribution is 2.34. The van der Waals surface area contributed by atoms with Gasteiger partial charge in [-0.2, -0.15) is 0 Å². The zero-order chi connectivity index (χ0) is 13.4. The number of rotatable bonds is 4. The summed E-state index contributed by atoms with van der Waals surface area (Å²) in [5, 5.41) is 9.40. The van der Waals surface area contributed by atoms with Crippen molar-refractivity contribution in [3.05, 3.63) is 23.2 Å². The number of halogens is 1. The third kappa shape index (κ3) is 2.47. The van der Waals surface area contributed by atoms with Crippen LogP contribution >= 0.6 is 11.6 Å². The van der Waals surface area contributed by atoms with Crippen LogP contribution in [0.5, 0.6) is 0 Å². The Morgan fingerprint density at radius 3 is 2.61 bits per heavy atom. The molecule has 0 aromatic heterocycles. The zero-order valence-electron chi connectivity index (χ0n) is 9.69. The van der Waals surface area contributed by atoms with Gasteiger partial charge in [-0.15, -0.1) is 0 Å². The Bertz CT molecular complexity index is 550. The van der Waals surface area contributed by atoms with E-state index in [1.807, 2.05) is 0 Å². The lowest BCUT2D eigenvalue weighted by atomic mass is 9.78. The molecule has 1 fully saturated rings. The Hall–Kier alpha value is -0.820. The van der Waals surface area contributed by atoms with Crippen LogP contribution in [0, 0.1) is 0 Å². The SMILES string of the molecule is Nc1ccc(Cl)c(S(=O)(=O)NC2(CO)CCC2)c1. The van der Waals surface area contributed by atoms with Gasteiger partial charge >= 0.3 is 0 Å². The van der Waals surface area contributed by atoms with E-state index in [1.165, 1.54) is 18.2 Å². The van der Waals surface area contributed by atoms with Crippen molar-refractivity contribution < 1.29 is 13.5 Å². The first-order valence-electron chi connectivity index (χ1n) is 5.58. The minimum atomic E-state index is -3.77. The van der Waals surface area contributed by atoms with Crippen molar-refractivity contribution in [2.75, 3.05) is 12.3 Å². The topological polar surface area (TPSA) is 92.4 Å². The fraction of sp³-hybridized carbons (Fsp3) is 0.455. The third-order valence-corrected chi connectivity index (χ3v) is 5.27. The van der Waals surface area contributed by atoms with Crippen molar-refractivity contribution >= 4 is 27.3 Å². The van der Waals surface area contributed by atoms with Crippen LogP contribution in [0.4, 0.5) is 5.69 Å². The van der Waals surface area contributed by atoms with Gasteiger partial charge in [0.25, 0.3) is 0 Å². The molecule has 18 heavy (non-hydrogen) atoms. The minimum absolute atomic E-state index is 0.0520. The second-order valence-corrected chi connectivity index (χ2v) is 6.65. The van der Waals surface area contributed by atoms with Gasteiger partial charge in [0, 0.05) is 5.69 Å². The van der Waals surface area contributed by atoms with Crippen molar-refractivity contribution in [2.45, 2.75) is 29.7 Å². The highest BCUT2D eigenvalue weighted by atomic mass is 35.5. The summed E-state index contributed by atoms with van der Waals surface area (Å²) >= 11 is 5.88. The Morgan fingerprint density at radius 1 is 1.44 bits per heavy atom. The van der Waals surface area contributed by atoms with Gasteiger partial charge in [-0.25, -0.2) is 13.1 Å². The molecule has 0 saturated heterocycles. The molecule has 0 spiro atoms. The molecule has 0 aliphatic heterocycles. The summed E-state index contributed by atoms with van der Waals surface area (Å²) in [6.07, 6.45) is 2.15. The van der Waals surface area contributed by atoms with E-state index in [0.717, 1.165) is 6.42 Å². The molecule has 0 amide bonds. The van der Waals surface area contributed by atoms with Gasteiger partial charge in [0.05, 0.1) is 17.2 Å². The van der Waals surface area contributed by atoms with E-state index in [9.17, 15) is 13.5 Å². The Balaban J connectivity index is 2.33. The van der Waals surface area contributed by atoms with Crippen LogP contribution in [-0.2, 0) is 10.0 Å². The molecule has 0 radical (unpaired) electrons.